The van der Waals surface area contributed by atoms with E-state index in [4.69, 9.17) is 4.98 Å². The third-order valence-electron chi connectivity index (χ3n) is 5.55. The molecule has 0 radical (unpaired) electrons. The van der Waals surface area contributed by atoms with Gasteiger partial charge in [0.15, 0.2) is 5.16 Å². The Morgan fingerprint density at radius 1 is 0.879 bits per heavy atom. The van der Waals surface area contributed by atoms with Crippen LogP contribution in [0.4, 0.5) is 0 Å². The van der Waals surface area contributed by atoms with Crippen molar-refractivity contribution in [2.75, 3.05) is 0 Å². The lowest BCUT2D eigenvalue weighted by atomic mass is 10.0. The zero-order valence-corrected chi connectivity index (χ0v) is 19.5. The van der Waals surface area contributed by atoms with Gasteiger partial charge in [-0.05, 0) is 18.6 Å². The van der Waals surface area contributed by atoms with Gasteiger partial charge in [0.2, 0.25) is 0 Å². The molecule has 168 valence electrons. The molecule has 1 atom stereocenters. The maximum Gasteiger partial charge on any atom is 0.317 e. The van der Waals surface area contributed by atoms with Gasteiger partial charge in [-0.1, -0.05) is 117 Å². The molecule has 1 unspecified atom stereocenters. The first kappa shape index (κ1) is 22.9. The van der Waals surface area contributed by atoms with E-state index in [0.29, 0.717) is 11.6 Å². The molecule has 1 heterocycles. The van der Waals surface area contributed by atoms with Crippen LogP contribution in [0, 0.1) is 0 Å². The van der Waals surface area contributed by atoms with Gasteiger partial charge in [0, 0.05) is 16.8 Å². The Bertz CT molecular complexity index is 1170. The fourth-order valence-electron chi connectivity index (χ4n) is 3.89. The number of aliphatic carboxylic acids is 1. The van der Waals surface area contributed by atoms with Crippen molar-refractivity contribution in [1.82, 2.24) is 9.55 Å². The number of nitrogens with zero attached hydrogens (tertiary/aromatic N) is 2. The van der Waals surface area contributed by atoms with Gasteiger partial charge in [-0.15, -0.1) is 0 Å². The summed E-state index contributed by atoms with van der Waals surface area (Å²) in [4.78, 5) is 17.2. The van der Waals surface area contributed by atoms with Gasteiger partial charge in [0.05, 0.1) is 11.4 Å². The van der Waals surface area contributed by atoms with E-state index < -0.39 is 11.2 Å². The summed E-state index contributed by atoms with van der Waals surface area (Å²) in [7, 11) is 0. The predicted molar refractivity (Wildman–Crippen MR) is 136 cm³/mol. The van der Waals surface area contributed by atoms with E-state index in [9.17, 15) is 9.90 Å². The number of thioether (sulfide) groups is 1. The molecular formula is C28H28N2O2S. The van der Waals surface area contributed by atoms with Crippen LogP contribution >= 0.6 is 11.8 Å². The largest absolute Gasteiger partial charge is 0.480 e. The summed E-state index contributed by atoms with van der Waals surface area (Å²) >= 11 is 1.35. The smallest absolute Gasteiger partial charge is 0.317 e. The third kappa shape index (κ3) is 5.37. The molecule has 0 aliphatic heterocycles. The van der Waals surface area contributed by atoms with Crippen LogP contribution in [0.1, 0.15) is 32.6 Å². The maximum absolute atomic E-state index is 12.1. The normalized spacial score (nSPS) is 11.9. The van der Waals surface area contributed by atoms with E-state index in [0.717, 1.165) is 47.5 Å². The minimum atomic E-state index is -0.791. The Morgan fingerprint density at radius 3 is 2.03 bits per heavy atom. The molecule has 0 amide bonds. The zero-order valence-electron chi connectivity index (χ0n) is 18.7. The molecular weight excluding hydrogens is 428 g/mol. The van der Waals surface area contributed by atoms with Crippen molar-refractivity contribution in [3.8, 4) is 28.2 Å². The Balaban J connectivity index is 1.90. The van der Waals surface area contributed by atoms with E-state index in [1.165, 1.54) is 11.8 Å². The van der Waals surface area contributed by atoms with Gasteiger partial charge >= 0.3 is 5.97 Å². The highest BCUT2D eigenvalue weighted by molar-refractivity contribution is 8.00. The molecule has 4 aromatic rings. The van der Waals surface area contributed by atoms with Crippen molar-refractivity contribution in [3.05, 3.63) is 91.0 Å². The minimum absolute atomic E-state index is 0.548. The number of hydrogen-bond acceptors (Lipinski definition) is 3. The average Bonchev–Trinajstić information content (AvgIpc) is 3.24. The van der Waals surface area contributed by atoms with E-state index >= 15 is 0 Å². The summed E-state index contributed by atoms with van der Waals surface area (Å²) in [6.07, 6.45) is 3.61. The predicted octanol–water partition coefficient (Wildman–Crippen LogP) is 7.33. The van der Waals surface area contributed by atoms with E-state index in [2.05, 4.69) is 35.8 Å². The number of unbranched alkanes of at least 4 members (excludes halogenated alkanes) is 2. The van der Waals surface area contributed by atoms with Crippen molar-refractivity contribution in [3.63, 3.8) is 0 Å². The summed E-state index contributed by atoms with van der Waals surface area (Å²) in [6, 6.07) is 30.3. The number of para-hydroxylation sites is 1. The lowest BCUT2D eigenvalue weighted by Crippen LogP contribution is -2.17. The lowest BCUT2D eigenvalue weighted by molar-refractivity contribution is -0.136. The van der Waals surface area contributed by atoms with Crippen LogP contribution in [0.25, 0.3) is 28.2 Å². The molecule has 5 heteroatoms. The summed E-state index contributed by atoms with van der Waals surface area (Å²) in [6.45, 7) is 2.13. The van der Waals surface area contributed by atoms with E-state index in [1.54, 1.807) is 0 Å². The Morgan fingerprint density at radius 2 is 1.45 bits per heavy atom. The van der Waals surface area contributed by atoms with Gasteiger partial charge in [-0.25, -0.2) is 4.98 Å². The van der Waals surface area contributed by atoms with Crippen LogP contribution in [-0.2, 0) is 4.79 Å². The minimum Gasteiger partial charge on any atom is -0.480 e. The second-order valence-electron chi connectivity index (χ2n) is 7.94. The monoisotopic (exact) mass is 456 g/mol. The highest BCUT2D eigenvalue weighted by Crippen LogP contribution is 2.39. The second-order valence-corrected chi connectivity index (χ2v) is 9.11. The van der Waals surface area contributed by atoms with Crippen LogP contribution in [0.15, 0.2) is 96.2 Å². The van der Waals surface area contributed by atoms with Crippen LogP contribution < -0.4 is 0 Å². The molecule has 0 bridgehead atoms. The molecule has 1 aromatic heterocycles. The molecule has 0 aliphatic carbocycles. The fraction of sp³-hybridized carbons (Fsp3) is 0.214. The van der Waals surface area contributed by atoms with Crippen LogP contribution in [0.3, 0.4) is 0 Å². The van der Waals surface area contributed by atoms with Gasteiger partial charge in [0.25, 0.3) is 0 Å². The van der Waals surface area contributed by atoms with Crippen molar-refractivity contribution in [2.24, 2.45) is 0 Å². The van der Waals surface area contributed by atoms with Gasteiger partial charge < -0.3 is 5.11 Å². The Kier molecular flexibility index (Phi) is 7.63. The number of rotatable bonds is 10. The molecule has 0 fully saturated rings. The topological polar surface area (TPSA) is 55.1 Å². The number of carboxylic acid groups (broad SMARTS) is 1. The molecule has 3 aromatic carbocycles. The molecule has 0 saturated carbocycles. The quantitative estimate of drug-likeness (QED) is 0.200. The van der Waals surface area contributed by atoms with Crippen LogP contribution in [0.5, 0.6) is 0 Å². The number of benzene rings is 3. The van der Waals surface area contributed by atoms with E-state index in [1.807, 2.05) is 66.7 Å². The number of carboxylic acids is 1. The molecule has 4 rings (SSSR count). The summed E-state index contributed by atoms with van der Waals surface area (Å²) in [5.41, 5.74) is 4.83. The summed E-state index contributed by atoms with van der Waals surface area (Å²) in [5.74, 6) is -0.791. The van der Waals surface area contributed by atoms with Crippen LogP contribution in [-0.4, -0.2) is 25.9 Å². The SMILES string of the molecule is CCCCCC(Sc1nc(-c2ccccc2)c(-c2ccccc2)n1-c1ccccc1)C(=O)O. The van der Waals surface area contributed by atoms with Gasteiger partial charge in [0.1, 0.15) is 5.25 Å². The number of imidazole rings is 1. The first-order chi connectivity index (χ1) is 16.2. The van der Waals surface area contributed by atoms with Crippen molar-refractivity contribution in [1.29, 1.82) is 0 Å². The highest BCUT2D eigenvalue weighted by Gasteiger charge is 2.26. The van der Waals surface area contributed by atoms with Crippen molar-refractivity contribution >= 4 is 17.7 Å². The molecule has 0 spiro atoms. The number of carbonyl (C=O) groups is 1. The van der Waals surface area contributed by atoms with Crippen molar-refractivity contribution < 1.29 is 9.90 Å². The number of hydrogen-bond donors (Lipinski definition) is 1. The summed E-state index contributed by atoms with van der Waals surface area (Å²) < 4.78 is 2.11. The highest BCUT2D eigenvalue weighted by atomic mass is 32.2. The Hall–Kier alpha value is -3.31. The fourth-order valence-corrected chi connectivity index (χ4v) is 4.98. The Labute approximate surface area is 199 Å². The first-order valence-electron chi connectivity index (χ1n) is 11.4. The molecule has 0 aliphatic rings. The molecule has 1 N–H and O–H groups in total. The number of aromatic nitrogens is 2. The standard InChI is InChI=1S/C28H28N2O2S/c1-2-3-7-20-24(27(31)32)33-28-29-25(21-14-8-4-9-15-21)26(22-16-10-5-11-17-22)30(28)23-18-12-6-13-19-23/h4-6,8-19,24H,2-3,7,20H2,1H3,(H,31,32). The van der Waals surface area contributed by atoms with Crippen LogP contribution in [0.2, 0.25) is 0 Å². The molecule has 33 heavy (non-hydrogen) atoms. The molecule has 4 nitrogen and oxygen atoms in total. The maximum atomic E-state index is 12.1. The zero-order chi connectivity index (χ0) is 23.0. The summed E-state index contributed by atoms with van der Waals surface area (Å²) in [5, 5.41) is 10.1. The lowest BCUT2D eigenvalue weighted by Gasteiger charge is -2.15. The van der Waals surface area contributed by atoms with Crippen molar-refractivity contribution in [2.45, 2.75) is 43.0 Å². The average molecular weight is 457 g/mol. The molecule has 0 saturated heterocycles. The second kappa shape index (κ2) is 11.0. The van der Waals surface area contributed by atoms with Gasteiger partial charge in [-0.2, -0.15) is 0 Å². The first-order valence-corrected chi connectivity index (χ1v) is 12.3. The third-order valence-corrected chi connectivity index (χ3v) is 6.75. The van der Waals surface area contributed by atoms with E-state index in [-0.39, 0.29) is 0 Å². The van der Waals surface area contributed by atoms with Gasteiger partial charge in [-0.3, -0.25) is 9.36 Å².